The van der Waals surface area contributed by atoms with Crippen LogP contribution in [0.1, 0.15) is 24.6 Å². The first kappa shape index (κ1) is 11.6. The second kappa shape index (κ2) is 5.45. The zero-order valence-electron chi connectivity index (χ0n) is 9.67. The molecule has 0 saturated heterocycles. The number of ether oxygens (including phenoxy) is 1. The zero-order chi connectivity index (χ0) is 12.1. The summed E-state index contributed by atoms with van der Waals surface area (Å²) in [6.45, 7) is 2.72. The quantitative estimate of drug-likeness (QED) is 0.851. The lowest BCUT2D eigenvalue weighted by molar-refractivity contribution is 0.242. The minimum absolute atomic E-state index is 0.101. The number of hydrogen-bond donors (Lipinski definition) is 1. The maximum Gasteiger partial charge on any atom is 0.264 e. The fraction of sp³-hybridized carbons (Fsp3) is 0.333. The number of nitrogens with two attached hydrogens (primary N) is 1. The summed E-state index contributed by atoms with van der Waals surface area (Å²) in [6, 6.07) is 9.50. The zero-order valence-corrected chi connectivity index (χ0v) is 9.67. The molecule has 17 heavy (non-hydrogen) atoms. The standard InChI is InChI=1S/C12H15N3O2/c1-9(7-13)12-14-11(17-15-12)8-16-10-5-3-2-4-6-10/h2-6,9H,7-8,13H2,1H3. The molecule has 1 unspecified atom stereocenters. The van der Waals surface area contributed by atoms with E-state index in [1.165, 1.54) is 0 Å². The summed E-state index contributed by atoms with van der Waals surface area (Å²) in [6.07, 6.45) is 0. The monoisotopic (exact) mass is 233 g/mol. The van der Waals surface area contributed by atoms with Crippen molar-refractivity contribution < 1.29 is 9.26 Å². The van der Waals surface area contributed by atoms with Crippen molar-refractivity contribution in [1.82, 2.24) is 10.1 Å². The molecule has 1 atom stereocenters. The van der Waals surface area contributed by atoms with Crippen molar-refractivity contribution in [2.75, 3.05) is 6.54 Å². The Morgan fingerprint density at radius 3 is 2.82 bits per heavy atom. The molecule has 1 aromatic carbocycles. The van der Waals surface area contributed by atoms with E-state index in [9.17, 15) is 0 Å². The third kappa shape index (κ3) is 3.04. The Bertz CT molecular complexity index is 456. The summed E-state index contributed by atoms with van der Waals surface area (Å²) in [5.41, 5.74) is 5.53. The topological polar surface area (TPSA) is 74.2 Å². The predicted molar refractivity (Wildman–Crippen MR) is 62.5 cm³/mol. The van der Waals surface area contributed by atoms with Gasteiger partial charge in [0.1, 0.15) is 5.75 Å². The van der Waals surface area contributed by atoms with E-state index in [2.05, 4.69) is 10.1 Å². The maximum absolute atomic E-state index is 5.53. The van der Waals surface area contributed by atoms with Gasteiger partial charge in [-0.1, -0.05) is 30.3 Å². The minimum Gasteiger partial charge on any atom is -0.484 e. The highest BCUT2D eigenvalue weighted by Gasteiger charge is 2.12. The van der Waals surface area contributed by atoms with Crippen LogP contribution in [0, 0.1) is 0 Å². The number of para-hydroxylation sites is 1. The Hall–Kier alpha value is -1.88. The van der Waals surface area contributed by atoms with Crippen LogP contribution >= 0.6 is 0 Å². The Balaban J connectivity index is 1.94. The summed E-state index contributed by atoms with van der Waals surface area (Å²) < 4.78 is 10.6. The highest BCUT2D eigenvalue weighted by Crippen LogP contribution is 2.13. The van der Waals surface area contributed by atoms with Crippen LogP contribution < -0.4 is 10.5 Å². The van der Waals surface area contributed by atoms with Gasteiger partial charge in [0.2, 0.25) is 0 Å². The summed E-state index contributed by atoms with van der Waals surface area (Å²) in [5, 5.41) is 3.85. The van der Waals surface area contributed by atoms with Gasteiger partial charge in [0.15, 0.2) is 12.4 Å². The van der Waals surface area contributed by atoms with Gasteiger partial charge >= 0.3 is 0 Å². The van der Waals surface area contributed by atoms with E-state index in [1.54, 1.807) is 0 Å². The number of aromatic nitrogens is 2. The molecule has 1 heterocycles. The largest absolute Gasteiger partial charge is 0.484 e. The molecule has 5 nitrogen and oxygen atoms in total. The molecule has 0 aliphatic heterocycles. The van der Waals surface area contributed by atoms with E-state index in [0.717, 1.165) is 5.75 Å². The first-order chi connectivity index (χ1) is 8.29. The van der Waals surface area contributed by atoms with E-state index in [-0.39, 0.29) is 12.5 Å². The van der Waals surface area contributed by atoms with Crippen molar-refractivity contribution in [2.45, 2.75) is 19.4 Å². The lowest BCUT2D eigenvalue weighted by Gasteiger charge is -2.01. The van der Waals surface area contributed by atoms with Gasteiger partial charge in [-0.15, -0.1) is 0 Å². The predicted octanol–water partition coefficient (Wildman–Crippen LogP) is 1.71. The molecule has 0 spiro atoms. The molecule has 0 amide bonds. The molecule has 0 aliphatic carbocycles. The molecule has 0 fully saturated rings. The second-order valence-electron chi connectivity index (χ2n) is 3.78. The smallest absolute Gasteiger partial charge is 0.264 e. The molecule has 2 aromatic rings. The molecule has 90 valence electrons. The van der Waals surface area contributed by atoms with Crippen LogP contribution in [0.25, 0.3) is 0 Å². The van der Waals surface area contributed by atoms with Crippen LogP contribution in [0.3, 0.4) is 0 Å². The van der Waals surface area contributed by atoms with E-state index in [4.69, 9.17) is 15.0 Å². The molecule has 0 saturated carbocycles. The van der Waals surface area contributed by atoms with Crippen LogP contribution in [0.2, 0.25) is 0 Å². The fourth-order valence-electron chi connectivity index (χ4n) is 1.29. The van der Waals surface area contributed by atoms with Crippen molar-refractivity contribution >= 4 is 0 Å². The van der Waals surface area contributed by atoms with Gasteiger partial charge in [-0.25, -0.2) is 0 Å². The van der Waals surface area contributed by atoms with E-state index in [1.807, 2.05) is 37.3 Å². The van der Waals surface area contributed by atoms with E-state index in [0.29, 0.717) is 18.3 Å². The third-order valence-electron chi connectivity index (χ3n) is 2.38. The average molecular weight is 233 g/mol. The number of nitrogens with zero attached hydrogens (tertiary/aromatic N) is 2. The fourth-order valence-corrected chi connectivity index (χ4v) is 1.29. The van der Waals surface area contributed by atoms with E-state index >= 15 is 0 Å². The van der Waals surface area contributed by atoms with Crippen LogP contribution in [0.4, 0.5) is 0 Å². The maximum atomic E-state index is 5.53. The summed E-state index contributed by atoms with van der Waals surface area (Å²) in [7, 11) is 0. The van der Waals surface area contributed by atoms with Gasteiger partial charge in [0.05, 0.1) is 0 Å². The van der Waals surface area contributed by atoms with Crippen molar-refractivity contribution in [3.05, 3.63) is 42.0 Å². The van der Waals surface area contributed by atoms with Gasteiger partial charge in [-0.05, 0) is 12.1 Å². The van der Waals surface area contributed by atoms with Gasteiger partial charge in [-0.3, -0.25) is 0 Å². The summed E-state index contributed by atoms with van der Waals surface area (Å²) >= 11 is 0. The van der Waals surface area contributed by atoms with Crippen molar-refractivity contribution in [2.24, 2.45) is 5.73 Å². The SMILES string of the molecule is CC(CN)c1noc(COc2ccccc2)n1. The minimum atomic E-state index is 0.101. The molecule has 0 radical (unpaired) electrons. The molecule has 5 heteroatoms. The molecular formula is C12H15N3O2. The highest BCUT2D eigenvalue weighted by atomic mass is 16.5. The van der Waals surface area contributed by atoms with Crippen LogP contribution in [-0.2, 0) is 6.61 Å². The van der Waals surface area contributed by atoms with Crippen molar-refractivity contribution in [3.8, 4) is 5.75 Å². The number of hydrogen-bond acceptors (Lipinski definition) is 5. The highest BCUT2D eigenvalue weighted by molar-refractivity contribution is 5.20. The normalized spacial score (nSPS) is 12.4. The molecule has 1 aromatic heterocycles. The number of rotatable bonds is 5. The van der Waals surface area contributed by atoms with Crippen LogP contribution in [0.5, 0.6) is 5.75 Å². The second-order valence-corrected chi connectivity index (χ2v) is 3.78. The first-order valence-corrected chi connectivity index (χ1v) is 5.50. The average Bonchev–Trinajstić information content (AvgIpc) is 2.85. The summed E-state index contributed by atoms with van der Waals surface area (Å²) in [5.74, 6) is 1.96. The summed E-state index contributed by atoms with van der Waals surface area (Å²) in [4.78, 5) is 4.21. The molecule has 2 rings (SSSR count). The van der Waals surface area contributed by atoms with Gasteiger partial charge in [0, 0.05) is 12.5 Å². The molecule has 0 aliphatic rings. The van der Waals surface area contributed by atoms with Gasteiger partial charge in [-0.2, -0.15) is 4.98 Å². The van der Waals surface area contributed by atoms with Crippen molar-refractivity contribution in [3.63, 3.8) is 0 Å². The van der Waals surface area contributed by atoms with E-state index < -0.39 is 0 Å². The van der Waals surface area contributed by atoms with Crippen molar-refractivity contribution in [1.29, 1.82) is 0 Å². The van der Waals surface area contributed by atoms with Crippen LogP contribution in [0.15, 0.2) is 34.9 Å². The molecular weight excluding hydrogens is 218 g/mol. The lowest BCUT2D eigenvalue weighted by Crippen LogP contribution is -2.10. The number of benzene rings is 1. The Kier molecular flexibility index (Phi) is 3.72. The lowest BCUT2D eigenvalue weighted by atomic mass is 10.2. The van der Waals surface area contributed by atoms with Crippen LogP contribution in [-0.4, -0.2) is 16.7 Å². The first-order valence-electron chi connectivity index (χ1n) is 5.50. The van der Waals surface area contributed by atoms with Gasteiger partial charge in [0.25, 0.3) is 5.89 Å². The Morgan fingerprint density at radius 1 is 1.35 bits per heavy atom. The van der Waals surface area contributed by atoms with Gasteiger partial charge < -0.3 is 15.0 Å². The third-order valence-corrected chi connectivity index (χ3v) is 2.38. The Morgan fingerprint density at radius 2 is 2.12 bits per heavy atom. The Labute approximate surface area is 99.6 Å². The molecule has 0 bridgehead atoms. The molecule has 2 N–H and O–H groups in total.